The number of pyridine rings is 1. The third-order valence-electron chi connectivity index (χ3n) is 7.85. The van der Waals surface area contributed by atoms with Gasteiger partial charge in [0.1, 0.15) is 0 Å². The van der Waals surface area contributed by atoms with Crippen molar-refractivity contribution in [3.8, 4) is 0 Å². The van der Waals surface area contributed by atoms with E-state index in [2.05, 4.69) is 26.9 Å². The van der Waals surface area contributed by atoms with Crippen LogP contribution in [0.3, 0.4) is 0 Å². The smallest absolute Gasteiger partial charge is 0.329 e. The van der Waals surface area contributed by atoms with E-state index >= 15 is 0 Å². The molecule has 1 atom stereocenters. The van der Waals surface area contributed by atoms with Crippen LogP contribution in [0.25, 0.3) is 11.0 Å². The molecule has 4 heterocycles. The first-order chi connectivity index (χ1) is 17.7. The summed E-state index contributed by atoms with van der Waals surface area (Å²) in [6, 6.07) is 12.2. The van der Waals surface area contributed by atoms with Crippen LogP contribution in [0, 0.1) is 5.92 Å². The summed E-state index contributed by atoms with van der Waals surface area (Å²) in [6.07, 6.45) is 8.22. The number of likely N-dealkylation sites (tertiary alicyclic amines) is 2. The standard InChI is InChI=1S/C28H37N5O3/c1-36-20-19-32-25-6-2-3-7-26(25)33(28(32)35)24-11-17-31(18-12-24)27(34)23-5-4-15-30(16-10-23)21-22-8-13-29-14-9-22/h2-3,6-9,13-14,23-24H,4-5,10-12,15-21H2,1H3. The summed E-state index contributed by atoms with van der Waals surface area (Å²) in [6.45, 7) is 5.37. The number of hydrogen-bond donors (Lipinski definition) is 0. The number of piperidine rings is 1. The highest BCUT2D eigenvalue weighted by Crippen LogP contribution is 2.28. The van der Waals surface area contributed by atoms with E-state index in [1.54, 1.807) is 7.11 Å². The lowest BCUT2D eigenvalue weighted by Crippen LogP contribution is -2.43. The summed E-state index contributed by atoms with van der Waals surface area (Å²) >= 11 is 0. The predicted octanol–water partition coefficient (Wildman–Crippen LogP) is 3.31. The fourth-order valence-electron chi connectivity index (χ4n) is 5.89. The Bertz CT molecular complexity index is 1210. The zero-order valence-electron chi connectivity index (χ0n) is 21.2. The zero-order valence-corrected chi connectivity index (χ0v) is 21.2. The quantitative estimate of drug-likeness (QED) is 0.507. The number of ether oxygens (including phenoxy) is 1. The number of benzene rings is 1. The number of amides is 1. The molecular weight excluding hydrogens is 454 g/mol. The molecule has 3 aromatic rings. The van der Waals surface area contributed by atoms with Gasteiger partial charge in [-0.3, -0.25) is 23.8 Å². The molecule has 0 radical (unpaired) electrons. The number of para-hydroxylation sites is 2. The number of fused-ring (bicyclic) bond motifs is 1. The number of aromatic nitrogens is 3. The van der Waals surface area contributed by atoms with E-state index in [1.165, 1.54) is 5.56 Å². The Balaban J connectivity index is 1.20. The number of hydrogen-bond acceptors (Lipinski definition) is 5. The van der Waals surface area contributed by atoms with Crippen molar-refractivity contribution < 1.29 is 9.53 Å². The molecule has 192 valence electrons. The van der Waals surface area contributed by atoms with Crippen LogP contribution in [0.15, 0.2) is 53.6 Å². The molecule has 1 amide bonds. The van der Waals surface area contributed by atoms with Gasteiger partial charge in [0.15, 0.2) is 0 Å². The van der Waals surface area contributed by atoms with E-state index in [0.29, 0.717) is 32.1 Å². The Morgan fingerprint density at radius 1 is 0.972 bits per heavy atom. The van der Waals surface area contributed by atoms with E-state index in [-0.39, 0.29) is 17.6 Å². The summed E-state index contributed by atoms with van der Waals surface area (Å²) in [5.74, 6) is 0.400. The minimum atomic E-state index is 0.0242. The maximum atomic E-state index is 13.4. The average Bonchev–Trinajstić information content (AvgIpc) is 3.03. The van der Waals surface area contributed by atoms with E-state index in [0.717, 1.165) is 62.8 Å². The van der Waals surface area contributed by atoms with Gasteiger partial charge in [-0.1, -0.05) is 12.1 Å². The Morgan fingerprint density at radius 2 is 1.72 bits per heavy atom. The number of imidazole rings is 1. The molecule has 2 aliphatic heterocycles. The van der Waals surface area contributed by atoms with E-state index in [4.69, 9.17) is 4.74 Å². The highest BCUT2D eigenvalue weighted by Gasteiger charge is 2.31. The van der Waals surface area contributed by atoms with Crippen molar-refractivity contribution in [1.29, 1.82) is 0 Å². The fraction of sp³-hybridized carbons (Fsp3) is 0.536. The van der Waals surface area contributed by atoms with Crippen molar-refractivity contribution in [2.45, 2.75) is 51.2 Å². The van der Waals surface area contributed by atoms with Gasteiger partial charge in [-0.25, -0.2) is 4.79 Å². The first kappa shape index (κ1) is 24.7. The van der Waals surface area contributed by atoms with Crippen LogP contribution in [0.4, 0.5) is 0 Å². The lowest BCUT2D eigenvalue weighted by atomic mass is 9.96. The van der Waals surface area contributed by atoms with Crippen LogP contribution in [-0.4, -0.2) is 69.7 Å². The summed E-state index contributed by atoms with van der Waals surface area (Å²) < 4.78 is 9.00. The SMILES string of the molecule is COCCn1c(=O)n(C2CCN(C(=O)C3CCCN(Cc4ccncc4)CC3)CC2)c2ccccc21. The van der Waals surface area contributed by atoms with Gasteiger partial charge in [-0.2, -0.15) is 0 Å². The minimum Gasteiger partial charge on any atom is -0.383 e. The van der Waals surface area contributed by atoms with Gasteiger partial charge in [0.25, 0.3) is 0 Å². The molecule has 0 aliphatic carbocycles. The molecular formula is C28H37N5O3. The molecule has 36 heavy (non-hydrogen) atoms. The second-order valence-electron chi connectivity index (χ2n) is 10.1. The van der Waals surface area contributed by atoms with Gasteiger partial charge in [0.05, 0.1) is 24.2 Å². The van der Waals surface area contributed by atoms with Crippen LogP contribution in [0.1, 0.15) is 43.7 Å². The number of rotatable bonds is 7. The van der Waals surface area contributed by atoms with Gasteiger partial charge in [0.2, 0.25) is 5.91 Å². The maximum absolute atomic E-state index is 13.4. The fourth-order valence-corrected chi connectivity index (χ4v) is 5.89. The number of nitrogens with zero attached hydrogens (tertiary/aromatic N) is 5. The van der Waals surface area contributed by atoms with Gasteiger partial charge < -0.3 is 9.64 Å². The van der Waals surface area contributed by atoms with Gasteiger partial charge in [-0.15, -0.1) is 0 Å². The summed E-state index contributed by atoms with van der Waals surface area (Å²) in [5, 5.41) is 0. The molecule has 0 bridgehead atoms. The van der Waals surface area contributed by atoms with E-state index < -0.39 is 0 Å². The van der Waals surface area contributed by atoms with E-state index in [9.17, 15) is 9.59 Å². The Hall–Kier alpha value is -2.97. The molecule has 1 aromatic carbocycles. The average molecular weight is 492 g/mol. The minimum absolute atomic E-state index is 0.0242. The first-order valence-corrected chi connectivity index (χ1v) is 13.2. The highest BCUT2D eigenvalue weighted by atomic mass is 16.5. The highest BCUT2D eigenvalue weighted by molar-refractivity contribution is 5.79. The molecule has 2 aliphatic rings. The number of carbonyl (C=O) groups excluding carboxylic acids is 1. The second-order valence-corrected chi connectivity index (χ2v) is 10.1. The summed E-state index contributed by atoms with van der Waals surface area (Å²) in [4.78, 5) is 35.4. The molecule has 0 saturated carbocycles. The monoisotopic (exact) mass is 491 g/mol. The maximum Gasteiger partial charge on any atom is 0.329 e. The molecule has 2 aromatic heterocycles. The lowest BCUT2D eigenvalue weighted by Gasteiger charge is -2.34. The topological polar surface area (TPSA) is 72.6 Å². The van der Waals surface area contributed by atoms with Crippen LogP contribution in [0.2, 0.25) is 0 Å². The Labute approximate surface area is 212 Å². The number of methoxy groups -OCH3 is 1. The van der Waals surface area contributed by atoms with Crippen molar-refractivity contribution in [2.75, 3.05) is 39.9 Å². The Morgan fingerprint density at radius 3 is 2.47 bits per heavy atom. The predicted molar refractivity (Wildman–Crippen MR) is 140 cm³/mol. The van der Waals surface area contributed by atoms with Crippen LogP contribution in [0.5, 0.6) is 0 Å². The molecule has 2 fully saturated rings. The second kappa shape index (κ2) is 11.4. The molecule has 2 saturated heterocycles. The van der Waals surface area contributed by atoms with Gasteiger partial charge in [-0.05, 0) is 75.0 Å². The third kappa shape index (κ3) is 5.25. The van der Waals surface area contributed by atoms with Crippen LogP contribution in [-0.2, 0) is 22.6 Å². The molecule has 0 N–H and O–H groups in total. The summed E-state index contributed by atoms with van der Waals surface area (Å²) in [5.41, 5.74) is 3.22. The molecule has 5 rings (SSSR count). The van der Waals surface area contributed by atoms with Gasteiger partial charge in [0, 0.05) is 51.1 Å². The van der Waals surface area contributed by atoms with Crippen molar-refractivity contribution in [2.24, 2.45) is 5.92 Å². The molecule has 8 heteroatoms. The van der Waals surface area contributed by atoms with Crippen molar-refractivity contribution >= 4 is 16.9 Å². The normalized spacial score (nSPS) is 20.0. The van der Waals surface area contributed by atoms with Crippen molar-refractivity contribution in [3.63, 3.8) is 0 Å². The summed E-state index contributed by atoms with van der Waals surface area (Å²) in [7, 11) is 1.66. The third-order valence-corrected chi connectivity index (χ3v) is 7.85. The van der Waals surface area contributed by atoms with Crippen molar-refractivity contribution in [3.05, 3.63) is 64.8 Å². The van der Waals surface area contributed by atoms with Crippen molar-refractivity contribution in [1.82, 2.24) is 23.9 Å². The lowest BCUT2D eigenvalue weighted by molar-refractivity contribution is -0.137. The van der Waals surface area contributed by atoms with Gasteiger partial charge >= 0.3 is 5.69 Å². The molecule has 8 nitrogen and oxygen atoms in total. The Kier molecular flexibility index (Phi) is 7.82. The first-order valence-electron chi connectivity index (χ1n) is 13.2. The zero-order chi connectivity index (χ0) is 24.9. The molecule has 0 spiro atoms. The largest absolute Gasteiger partial charge is 0.383 e. The molecule has 1 unspecified atom stereocenters. The van der Waals surface area contributed by atoms with Crippen LogP contribution < -0.4 is 5.69 Å². The van der Waals surface area contributed by atoms with E-state index in [1.807, 2.05) is 45.8 Å². The van der Waals surface area contributed by atoms with Crippen LogP contribution >= 0.6 is 0 Å². The number of carbonyl (C=O) groups is 1.